The third-order valence-electron chi connectivity index (χ3n) is 0.809. The fourth-order valence-electron chi connectivity index (χ4n) is 0.450. The molecule has 0 fully saturated rings. The molecule has 1 aromatic heterocycles. The highest BCUT2D eigenvalue weighted by Crippen LogP contribution is 1.78. The first kappa shape index (κ1) is 5.57. The molecule has 0 saturated heterocycles. The quantitative estimate of drug-likeness (QED) is 0.480. The molecule has 0 aromatic carbocycles. The molecule has 0 saturated carbocycles. The fraction of sp³-hybridized carbons (Fsp3) is 0. The first-order valence-electron chi connectivity index (χ1n) is 2.34. The van der Waals surface area contributed by atoms with Gasteiger partial charge in [0.05, 0.1) is 12.4 Å². The van der Waals surface area contributed by atoms with Crippen molar-refractivity contribution >= 4 is 0 Å². The van der Waals surface area contributed by atoms with Crippen LogP contribution in [-0.2, 0) is 0 Å². The molecular weight excluding hydrogens is 116 g/mol. The van der Waals surface area contributed by atoms with Gasteiger partial charge in [0.15, 0.2) is 0 Å². The molecule has 0 radical (unpaired) electrons. The van der Waals surface area contributed by atoms with Crippen LogP contribution in [0.4, 0.5) is 0 Å². The molecule has 9 heavy (non-hydrogen) atoms. The molecule has 1 aromatic rings. The zero-order valence-corrected chi connectivity index (χ0v) is 4.59. The molecule has 0 amide bonds. The second-order valence-electron chi connectivity index (χ2n) is 1.45. The van der Waals surface area contributed by atoms with Crippen molar-refractivity contribution in [2.24, 2.45) is 0 Å². The highest BCUT2D eigenvalue weighted by molar-refractivity contribution is 5.19. The van der Waals surface area contributed by atoms with E-state index in [1.54, 1.807) is 0 Å². The molecule has 0 unspecified atom stereocenters. The Bertz CT molecular complexity index is 294. The lowest BCUT2D eigenvalue weighted by Crippen LogP contribution is -2.05. The van der Waals surface area contributed by atoms with Gasteiger partial charge in [0.1, 0.15) is 5.69 Å². The zero-order chi connectivity index (χ0) is 6.69. The Hall–Kier alpha value is -1.56. The molecule has 3 nitrogen and oxygen atoms in total. The number of nitrogens with one attached hydrogen (secondary N) is 1. The fourth-order valence-corrected chi connectivity index (χ4v) is 0.450. The van der Waals surface area contributed by atoms with Gasteiger partial charge < -0.3 is 4.98 Å². The minimum atomic E-state index is -0.273. The summed E-state index contributed by atoms with van der Waals surface area (Å²) >= 11 is 0. The Labute approximate surface area is 51.8 Å². The lowest BCUT2D eigenvalue weighted by Gasteiger charge is -1.83. The first-order chi connectivity index (χ1) is 4.33. The Balaban J connectivity index is 3.28. The van der Waals surface area contributed by atoms with Crippen molar-refractivity contribution in [3.63, 3.8) is 0 Å². The molecule has 0 aliphatic rings. The minimum absolute atomic E-state index is 0.273. The number of terminal acetylenes is 1. The van der Waals surface area contributed by atoms with Crippen LogP contribution in [0.2, 0.25) is 0 Å². The van der Waals surface area contributed by atoms with Crippen LogP contribution in [0.15, 0.2) is 17.2 Å². The van der Waals surface area contributed by atoms with Crippen LogP contribution in [0.1, 0.15) is 5.69 Å². The van der Waals surface area contributed by atoms with Gasteiger partial charge in [0.25, 0.3) is 5.56 Å². The third kappa shape index (κ3) is 1.16. The molecule has 0 aliphatic heterocycles. The molecule has 0 bridgehead atoms. The lowest BCUT2D eigenvalue weighted by molar-refractivity contribution is 1.12. The van der Waals surface area contributed by atoms with Crippen molar-refractivity contribution in [2.75, 3.05) is 0 Å². The van der Waals surface area contributed by atoms with Crippen molar-refractivity contribution in [2.45, 2.75) is 0 Å². The Morgan fingerprint density at radius 1 is 1.67 bits per heavy atom. The number of rotatable bonds is 0. The standard InChI is InChI=1S/C6H4N2O/c1-2-5-3-7-4-6(9)8-5/h1,3-4H,(H,8,9). The van der Waals surface area contributed by atoms with Crippen LogP contribution in [0.5, 0.6) is 0 Å². The van der Waals surface area contributed by atoms with Crippen molar-refractivity contribution in [3.05, 3.63) is 28.4 Å². The van der Waals surface area contributed by atoms with Crippen LogP contribution in [-0.4, -0.2) is 9.97 Å². The molecular formula is C6H4N2O. The molecule has 1 heterocycles. The Kier molecular flexibility index (Phi) is 1.32. The van der Waals surface area contributed by atoms with Gasteiger partial charge in [0, 0.05) is 0 Å². The SMILES string of the molecule is C#Cc1cncc(=O)[nH]1. The monoisotopic (exact) mass is 120 g/mol. The summed E-state index contributed by atoms with van der Waals surface area (Å²) in [6.07, 6.45) is 7.54. The minimum Gasteiger partial charge on any atom is -0.313 e. The number of aromatic nitrogens is 2. The number of aromatic amines is 1. The van der Waals surface area contributed by atoms with Crippen LogP contribution in [0, 0.1) is 12.3 Å². The van der Waals surface area contributed by atoms with Crippen LogP contribution in [0.25, 0.3) is 0 Å². The average molecular weight is 120 g/mol. The average Bonchev–Trinajstić information content (AvgIpc) is 1.88. The summed E-state index contributed by atoms with van der Waals surface area (Å²) in [5.74, 6) is 2.25. The molecule has 3 heteroatoms. The number of hydrogen-bond acceptors (Lipinski definition) is 2. The maximum Gasteiger partial charge on any atom is 0.267 e. The molecule has 44 valence electrons. The van der Waals surface area contributed by atoms with E-state index < -0.39 is 0 Å². The van der Waals surface area contributed by atoms with Crippen molar-refractivity contribution < 1.29 is 0 Å². The van der Waals surface area contributed by atoms with E-state index in [4.69, 9.17) is 6.42 Å². The highest BCUT2D eigenvalue weighted by Gasteiger charge is 1.83. The van der Waals surface area contributed by atoms with Crippen LogP contribution < -0.4 is 5.56 Å². The molecule has 0 aliphatic carbocycles. The number of hydrogen-bond donors (Lipinski definition) is 1. The van der Waals surface area contributed by atoms with E-state index in [9.17, 15) is 4.79 Å². The van der Waals surface area contributed by atoms with E-state index in [1.165, 1.54) is 12.4 Å². The van der Waals surface area contributed by atoms with E-state index >= 15 is 0 Å². The van der Waals surface area contributed by atoms with Gasteiger partial charge in [-0.1, -0.05) is 5.92 Å². The van der Waals surface area contributed by atoms with Gasteiger partial charge in [0.2, 0.25) is 0 Å². The van der Waals surface area contributed by atoms with Crippen molar-refractivity contribution in [1.29, 1.82) is 0 Å². The second-order valence-corrected chi connectivity index (χ2v) is 1.45. The smallest absolute Gasteiger partial charge is 0.267 e. The van der Waals surface area contributed by atoms with E-state index in [0.29, 0.717) is 5.69 Å². The van der Waals surface area contributed by atoms with Gasteiger partial charge >= 0.3 is 0 Å². The van der Waals surface area contributed by atoms with Gasteiger partial charge in [-0.2, -0.15) is 0 Å². The summed E-state index contributed by atoms with van der Waals surface area (Å²) in [5.41, 5.74) is 0.132. The summed E-state index contributed by atoms with van der Waals surface area (Å²) < 4.78 is 0. The molecule has 0 spiro atoms. The third-order valence-corrected chi connectivity index (χ3v) is 0.809. The molecule has 0 atom stereocenters. The highest BCUT2D eigenvalue weighted by atomic mass is 16.1. The number of H-pyrrole nitrogens is 1. The summed E-state index contributed by atoms with van der Waals surface area (Å²) in [6.45, 7) is 0. The zero-order valence-electron chi connectivity index (χ0n) is 4.59. The van der Waals surface area contributed by atoms with Crippen molar-refractivity contribution in [1.82, 2.24) is 9.97 Å². The first-order valence-corrected chi connectivity index (χ1v) is 2.34. The lowest BCUT2D eigenvalue weighted by atomic mass is 10.5. The largest absolute Gasteiger partial charge is 0.313 e. The molecule has 1 rings (SSSR count). The van der Waals surface area contributed by atoms with Gasteiger partial charge in [-0.05, 0) is 0 Å². The second kappa shape index (κ2) is 2.14. The summed E-state index contributed by atoms with van der Waals surface area (Å²) in [7, 11) is 0. The van der Waals surface area contributed by atoms with Gasteiger partial charge in [-0.15, -0.1) is 6.42 Å². The van der Waals surface area contributed by atoms with Crippen molar-refractivity contribution in [3.8, 4) is 12.3 Å². The maximum atomic E-state index is 10.4. The van der Waals surface area contributed by atoms with Crippen LogP contribution >= 0.6 is 0 Å². The summed E-state index contributed by atoms with van der Waals surface area (Å²) in [5, 5.41) is 0. The summed E-state index contributed by atoms with van der Waals surface area (Å²) in [6, 6.07) is 0. The van der Waals surface area contributed by atoms with E-state index in [0.717, 1.165) is 0 Å². The van der Waals surface area contributed by atoms with Gasteiger partial charge in [-0.25, -0.2) is 0 Å². The predicted octanol–water partition coefficient (Wildman–Crippen LogP) is -0.249. The topological polar surface area (TPSA) is 45.8 Å². The van der Waals surface area contributed by atoms with E-state index in [1.807, 2.05) is 0 Å². The Morgan fingerprint density at radius 2 is 2.44 bits per heavy atom. The van der Waals surface area contributed by atoms with Crippen LogP contribution in [0.3, 0.4) is 0 Å². The van der Waals surface area contributed by atoms with E-state index in [-0.39, 0.29) is 5.56 Å². The normalized spacial score (nSPS) is 8.33. The Morgan fingerprint density at radius 3 is 2.89 bits per heavy atom. The molecule has 1 N–H and O–H groups in total. The summed E-state index contributed by atoms with van der Waals surface area (Å²) in [4.78, 5) is 16.4. The number of nitrogens with zero attached hydrogens (tertiary/aromatic N) is 1. The van der Waals surface area contributed by atoms with E-state index in [2.05, 4.69) is 15.9 Å². The predicted molar refractivity (Wildman–Crippen MR) is 32.8 cm³/mol. The maximum absolute atomic E-state index is 10.4. The van der Waals surface area contributed by atoms with Gasteiger partial charge in [-0.3, -0.25) is 9.78 Å².